The number of hydrogen-bond donors (Lipinski definition) is 1. The van der Waals surface area contributed by atoms with Crippen molar-refractivity contribution in [3.05, 3.63) is 34.3 Å². The molecule has 1 N–H and O–H groups in total. The number of carboxylic acid groups (broad SMARTS) is 1. The fraction of sp³-hybridized carbons (Fsp3) is 0.308. The van der Waals surface area contributed by atoms with Gasteiger partial charge in [-0.3, -0.25) is 0 Å². The van der Waals surface area contributed by atoms with Crippen LogP contribution in [0.2, 0.25) is 0 Å². The molecule has 4 heteroatoms. The summed E-state index contributed by atoms with van der Waals surface area (Å²) in [5.41, 5.74) is 1.94. The van der Waals surface area contributed by atoms with E-state index in [0.717, 1.165) is 34.8 Å². The highest BCUT2D eigenvalue weighted by Gasteiger charge is 2.05. The number of hydrogen-bond acceptors (Lipinski definition) is 2. The SMILES string of the molecule is CCCN(C)c1cc(Br)ccc1/C=C/C(=O)O. The average molecular weight is 298 g/mol. The van der Waals surface area contributed by atoms with Crippen LogP contribution in [0.25, 0.3) is 6.08 Å². The molecule has 0 unspecified atom stereocenters. The average Bonchev–Trinajstić information content (AvgIpc) is 2.27. The van der Waals surface area contributed by atoms with Crippen molar-refractivity contribution in [2.75, 3.05) is 18.5 Å². The van der Waals surface area contributed by atoms with E-state index < -0.39 is 5.97 Å². The van der Waals surface area contributed by atoms with Crippen molar-refractivity contribution in [1.29, 1.82) is 0 Å². The third-order valence-electron chi connectivity index (χ3n) is 2.37. The molecule has 0 fully saturated rings. The molecule has 0 heterocycles. The van der Waals surface area contributed by atoms with Crippen molar-refractivity contribution >= 4 is 33.7 Å². The Morgan fingerprint density at radius 3 is 2.82 bits per heavy atom. The molecule has 17 heavy (non-hydrogen) atoms. The second kappa shape index (κ2) is 6.45. The van der Waals surface area contributed by atoms with E-state index in [0.29, 0.717) is 0 Å². The Morgan fingerprint density at radius 2 is 2.24 bits per heavy atom. The predicted octanol–water partition coefficient (Wildman–Crippen LogP) is 3.39. The van der Waals surface area contributed by atoms with Crippen LogP contribution in [0, 0.1) is 0 Å². The summed E-state index contributed by atoms with van der Waals surface area (Å²) in [6, 6.07) is 5.81. The standard InChI is InChI=1S/C13H16BrNO2/c1-3-8-15(2)12-9-11(14)6-4-10(12)5-7-13(16)17/h4-7,9H,3,8H2,1-2H3,(H,16,17)/b7-5+. The number of rotatable bonds is 5. The Labute approximate surface area is 110 Å². The van der Waals surface area contributed by atoms with Crippen molar-refractivity contribution in [3.8, 4) is 0 Å². The quantitative estimate of drug-likeness (QED) is 0.847. The Bertz CT molecular complexity index is 429. The van der Waals surface area contributed by atoms with Crippen molar-refractivity contribution in [3.63, 3.8) is 0 Å². The zero-order chi connectivity index (χ0) is 12.8. The topological polar surface area (TPSA) is 40.5 Å². The lowest BCUT2D eigenvalue weighted by Crippen LogP contribution is -2.18. The van der Waals surface area contributed by atoms with Gasteiger partial charge in [0, 0.05) is 29.8 Å². The maximum atomic E-state index is 10.5. The molecule has 0 saturated heterocycles. The van der Waals surface area contributed by atoms with Gasteiger partial charge in [0.25, 0.3) is 0 Å². The number of anilines is 1. The Kier molecular flexibility index (Phi) is 5.22. The lowest BCUT2D eigenvalue weighted by molar-refractivity contribution is -0.131. The first-order valence-electron chi connectivity index (χ1n) is 5.46. The van der Waals surface area contributed by atoms with Gasteiger partial charge in [0.05, 0.1) is 0 Å². The minimum atomic E-state index is -0.933. The summed E-state index contributed by atoms with van der Waals surface area (Å²) in [5, 5.41) is 8.65. The second-order valence-electron chi connectivity index (χ2n) is 3.80. The van der Waals surface area contributed by atoms with Crippen molar-refractivity contribution in [1.82, 2.24) is 0 Å². The second-order valence-corrected chi connectivity index (χ2v) is 4.71. The molecule has 0 spiro atoms. The molecule has 0 atom stereocenters. The van der Waals surface area contributed by atoms with Gasteiger partial charge < -0.3 is 10.0 Å². The highest BCUT2D eigenvalue weighted by molar-refractivity contribution is 9.10. The van der Waals surface area contributed by atoms with E-state index in [4.69, 9.17) is 5.11 Å². The molecule has 92 valence electrons. The molecule has 1 rings (SSSR count). The van der Waals surface area contributed by atoms with E-state index in [1.165, 1.54) is 0 Å². The number of halogens is 1. The molecular weight excluding hydrogens is 282 g/mol. The van der Waals surface area contributed by atoms with E-state index in [1.54, 1.807) is 6.08 Å². The maximum absolute atomic E-state index is 10.5. The van der Waals surface area contributed by atoms with Gasteiger partial charge in [-0.25, -0.2) is 4.79 Å². The number of aliphatic carboxylic acids is 1. The summed E-state index contributed by atoms with van der Waals surface area (Å²) in [6.45, 7) is 3.05. The molecule has 0 aliphatic carbocycles. The molecule has 1 aromatic rings. The summed E-state index contributed by atoms with van der Waals surface area (Å²) in [5.74, 6) is -0.933. The number of carboxylic acids is 1. The van der Waals surface area contributed by atoms with Crippen LogP contribution in [0.1, 0.15) is 18.9 Å². The summed E-state index contributed by atoms with van der Waals surface area (Å²) >= 11 is 3.43. The molecule has 0 amide bonds. The van der Waals surface area contributed by atoms with Crippen molar-refractivity contribution in [2.45, 2.75) is 13.3 Å². The van der Waals surface area contributed by atoms with E-state index in [2.05, 4.69) is 27.8 Å². The Morgan fingerprint density at radius 1 is 1.53 bits per heavy atom. The highest BCUT2D eigenvalue weighted by Crippen LogP contribution is 2.25. The van der Waals surface area contributed by atoms with Crippen LogP contribution in [0.5, 0.6) is 0 Å². The van der Waals surface area contributed by atoms with E-state index in [-0.39, 0.29) is 0 Å². The molecule has 1 aromatic carbocycles. The van der Waals surface area contributed by atoms with Gasteiger partial charge in [-0.1, -0.05) is 28.9 Å². The lowest BCUT2D eigenvalue weighted by Gasteiger charge is -2.21. The monoisotopic (exact) mass is 297 g/mol. The zero-order valence-corrected chi connectivity index (χ0v) is 11.6. The molecule has 0 radical (unpaired) electrons. The molecule has 0 saturated carbocycles. The summed E-state index contributed by atoms with van der Waals surface area (Å²) in [6.07, 6.45) is 3.83. The number of nitrogens with zero attached hydrogens (tertiary/aromatic N) is 1. The van der Waals surface area contributed by atoms with E-state index >= 15 is 0 Å². The smallest absolute Gasteiger partial charge is 0.328 e. The Balaban J connectivity index is 3.07. The normalized spacial score (nSPS) is 10.8. The van der Waals surface area contributed by atoms with E-state index in [9.17, 15) is 4.79 Å². The first-order valence-corrected chi connectivity index (χ1v) is 6.25. The van der Waals surface area contributed by atoms with Crippen LogP contribution >= 0.6 is 15.9 Å². The van der Waals surface area contributed by atoms with Gasteiger partial charge in [0.1, 0.15) is 0 Å². The summed E-state index contributed by atoms with van der Waals surface area (Å²) < 4.78 is 0.989. The number of carbonyl (C=O) groups is 1. The molecule has 0 bridgehead atoms. The van der Waals surface area contributed by atoms with Crippen LogP contribution in [0.4, 0.5) is 5.69 Å². The van der Waals surface area contributed by atoms with Crippen molar-refractivity contribution in [2.24, 2.45) is 0 Å². The van der Waals surface area contributed by atoms with Crippen LogP contribution in [-0.2, 0) is 4.79 Å². The van der Waals surface area contributed by atoms with Crippen LogP contribution in [-0.4, -0.2) is 24.7 Å². The first kappa shape index (κ1) is 13.8. The Hall–Kier alpha value is -1.29. The maximum Gasteiger partial charge on any atom is 0.328 e. The van der Waals surface area contributed by atoms with Gasteiger partial charge in [0.2, 0.25) is 0 Å². The minimum Gasteiger partial charge on any atom is -0.478 e. The molecule has 0 aromatic heterocycles. The molecular formula is C13H16BrNO2. The van der Waals surface area contributed by atoms with Gasteiger partial charge in [-0.2, -0.15) is 0 Å². The van der Waals surface area contributed by atoms with Crippen LogP contribution < -0.4 is 4.90 Å². The fourth-order valence-electron chi connectivity index (χ4n) is 1.61. The molecule has 0 aliphatic heterocycles. The highest BCUT2D eigenvalue weighted by atomic mass is 79.9. The zero-order valence-electron chi connectivity index (χ0n) is 9.98. The minimum absolute atomic E-state index is 0.909. The van der Waals surface area contributed by atoms with Crippen molar-refractivity contribution < 1.29 is 9.90 Å². The van der Waals surface area contributed by atoms with Gasteiger partial charge >= 0.3 is 5.97 Å². The largest absolute Gasteiger partial charge is 0.478 e. The summed E-state index contributed by atoms with van der Waals surface area (Å²) in [4.78, 5) is 12.7. The first-order chi connectivity index (χ1) is 8.04. The fourth-order valence-corrected chi connectivity index (χ4v) is 1.95. The predicted molar refractivity (Wildman–Crippen MR) is 74.4 cm³/mol. The van der Waals surface area contributed by atoms with Crippen LogP contribution in [0.15, 0.2) is 28.7 Å². The van der Waals surface area contributed by atoms with Gasteiger partial charge in [-0.15, -0.1) is 0 Å². The number of benzene rings is 1. The van der Waals surface area contributed by atoms with E-state index in [1.807, 2.05) is 25.2 Å². The molecule has 0 aliphatic rings. The molecule has 3 nitrogen and oxygen atoms in total. The van der Waals surface area contributed by atoms with Gasteiger partial charge in [0.15, 0.2) is 0 Å². The third-order valence-corrected chi connectivity index (χ3v) is 2.86. The van der Waals surface area contributed by atoms with Crippen LogP contribution in [0.3, 0.4) is 0 Å². The van der Waals surface area contributed by atoms with Gasteiger partial charge in [-0.05, 0) is 30.2 Å². The summed E-state index contributed by atoms with van der Waals surface area (Å²) in [7, 11) is 2.00. The third kappa shape index (κ3) is 4.23. The lowest BCUT2D eigenvalue weighted by atomic mass is 10.1.